The molecule has 0 amide bonds. The first kappa shape index (κ1) is 9.69. The van der Waals surface area contributed by atoms with E-state index in [1.54, 1.807) is 0 Å². The second-order valence-electron chi connectivity index (χ2n) is 3.77. The summed E-state index contributed by atoms with van der Waals surface area (Å²) >= 11 is 0. The van der Waals surface area contributed by atoms with Crippen LogP contribution in [0.5, 0.6) is 0 Å². The summed E-state index contributed by atoms with van der Waals surface area (Å²) in [4.78, 5) is 0. The molecule has 0 bridgehead atoms. The highest BCUT2D eigenvalue weighted by Crippen LogP contribution is 2.26. The fourth-order valence-electron chi connectivity index (χ4n) is 1.79. The first-order valence-electron chi connectivity index (χ1n) is 5.09. The maximum absolute atomic E-state index is 5.66. The quantitative estimate of drug-likeness (QED) is 0.717. The number of hydrogen-bond acceptors (Lipinski definition) is 2. The molecule has 0 radical (unpaired) electrons. The first-order chi connectivity index (χ1) is 6.77. The average molecular weight is 192 g/mol. The van der Waals surface area contributed by atoms with Crippen LogP contribution < -0.4 is 0 Å². The number of hydrogen-bond donors (Lipinski definition) is 0. The molecule has 1 fully saturated rings. The third kappa shape index (κ3) is 1.97. The Bertz CT molecular complexity index is 284. The fourth-order valence-corrected chi connectivity index (χ4v) is 1.79. The smallest absolute Gasteiger partial charge is 0.155 e. The fraction of sp³-hybridized carbons (Fsp3) is 0.500. The molecule has 0 aliphatic carbocycles. The van der Waals surface area contributed by atoms with E-state index in [0.717, 1.165) is 0 Å². The predicted molar refractivity (Wildman–Crippen MR) is 55.1 cm³/mol. The highest BCUT2D eigenvalue weighted by molar-refractivity contribution is 5.20. The van der Waals surface area contributed by atoms with E-state index >= 15 is 0 Å². The lowest BCUT2D eigenvalue weighted by atomic mass is 9.96. The van der Waals surface area contributed by atoms with Crippen LogP contribution in [0.25, 0.3) is 0 Å². The molecule has 1 aromatic carbocycles. The van der Waals surface area contributed by atoms with Crippen molar-refractivity contribution in [1.82, 2.24) is 0 Å². The van der Waals surface area contributed by atoms with Gasteiger partial charge in [0.15, 0.2) is 6.29 Å². The van der Waals surface area contributed by atoms with Gasteiger partial charge < -0.3 is 9.47 Å². The normalized spacial score (nSPS) is 29.0. The summed E-state index contributed by atoms with van der Waals surface area (Å²) in [5.74, 6) is 0.404. The molecule has 76 valence electrons. The Hall–Kier alpha value is -0.860. The molecular weight excluding hydrogens is 176 g/mol. The molecule has 0 saturated carbocycles. The van der Waals surface area contributed by atoms with Crippen molar-refractivity contribution in [2.24, 2.45) is 0 Å². The van der Waals surface area contributed by atoms with Gasteiger partial charge in [0, 0.05) is 5.92 Å². The SMILES string of the molecule is C[C@@H]1OC[C@H]([C@H](C)c2ccccc2)O1. The van der Waals surface area contributed by atoms with Crippen LogP contribution in [-0.4, -0.2) is 19.0 Å². The van der Waals surface area contributed by atoms with Gasteiger partial charge in [0.1, 0.15) is 0 Å². The van der Waals surface area contributed by atoms with Crippen LogP contribution in [0.2, 0.25) is 0 Å². The molecule has 14 heavy (non-hydrogen) atoms. The van der Waals surface area contributed by atoms with Crippen molar-refractivity contribution < 1.29 is 9.47 Å². The zero-order chi connectivity index (χ0) is 9.97. The van der Waals surface area contributed by atoms with Gasteiger partial charge in [-0.25, -0.2) is 0 Å². The van der Waals surface area contributed by atoms with Crippen molar-refractivity contribution in [2.45, 2.75) is 32.2 Å². The van der Waals surface area contributed by atoms with Gasteiger partial charge in [0.2, 0.25) is 0 Å². The minimum atomic E-state index is -0.0498. The van der Waals surface area contributed by atoms with Crippen molar-refractivity contribution >= 4 is 0 Å². The minimum Gasteiger partial charge on any atom is -0.350 e. The molecule has 2 nitrogen and oxygen atoms in total. The largest absolute Gasteiger partial charge is 0.350 e. The third-order valence-electron chi connectivity index (χ3n) is 2.74. The molecule has 2 rings (SSSR count). The molecule has 2 heteroatoms. The lowest BCUT2D eigenvalue weighted by Gasteiger charge is -2.17. The summed E-state index contributed by atoms with van der Waals surface area (Å²) in [6.07, 6.45) is 0.151. The first-order valence-corrected chi connectivity index (χ1v) is 5.09. The van der Waals surface area contributed by atoms with Crippen molar-refractivity contribution in [3.8, 4) is 0 Å². The molecule has 1 aliphatic rings. The Morgan fingerprint density at radius 2 is 2.00 bits per heavy atom. The number of rotatable bonds is 2. The van der Waals surface area contributed by atoms with Gasteiger partial charge in [-0.3, -0.25) is 0 Å². The van der Waals surface area contributed by atoms with Gasteiger partial charge in [-0.05, 0) is 12.5 Å². The highest BCUT2D eigenvalue weighted by atomic mass is 16.7. The molecular formula is C12H16O2. The lowest BCUT2D eigenvalue weighted by Crippen LogP contribution is -2.18. The van der Waals surface area contributed by atoms with Gasteiger partial charge in [-0.15, -0.1) is 0 Å². The van der Waals surface area contributed by atoms with Crippen molar-refractivity contribution in [3.05, 3.63) is 35.9 Å². The summed E-state index contributed by atoms with van der Waals surface area (Å²) in [6, 6.07) is 10.4. The third-order valence-corrected chi connectivity index (χ3v) is 2.74. The van der Waals surface area contributed by atoms with Crippen molar-refractivity contribution in [3.63, 3.8) is 0 Å². The van der Waals surface area contributed by atoms with Crippen molar-refractivity contribution in [2.75, 3.05) is 6.61 Å². The molecule has 0 spiro atoms. The van der Waals surface area contributed by atoms with E-state index in [2.05, 4.69) is 31.2 Å². The van der Waals surface area contributed by atoms with E-state index in [0.29, 0.717) is 12.5 Å². The Morgan fingerprint density at radius 1 is 1.29 bits per heavy atom. The van der Waals surface area contributed by atoms with Crippen LogP contribution >= 0.6 is 0 Å². The van der Waals surface area contributed by atoms with E-state index in [-0.39, 0.29) is 12.4 Å². The second-order valence-corrected chi connectivity index (χ2v) is 3.77. The standard InChI is InChI=1S/C12H16O2/c1-9(11-6-4-3-5-7-11)12-8-13-10(2)14-12/h3-7,9-10,12H,8H2,1-2H3/t9-,10-,12-/m1/s1. The number of benzene rings is 1. The van der Waals surface area contributed by atoms with E-state index in [1.165, 1.54) is 5.56 Å². The van der Waals surface area contributed by atoms with Gasteiger partial charge in [-0.2, -0.15) is 0 Å². The van der Waals surface area contributed by atoms with Crippen molar-refractivity contribution in [1.29, 1.82) is 0 Å². The maximum atomic E-state index is 5.66. The summed E-state index contributed by atoms with van der Waals surface area (Å²) in [6.45, 7) is 4.83. The highest BCUT2D eigenvalue weighted by Gasteiger charge is 2.28. The molecule has 3 atom stereocenters. The van der Waals surface area contributed by atoms with E-state index < -0.39 is 0 Å². The maximum Gasteiger partial charge on any atom is 0.155 e. The molecule has 1 heterocycles. The van der Waals surface area contributed by atoms with E-state index in [1.807, 2.05) is 13.0 Å². The van der Waals surface area contributed by atoms with Crippen LogP contribution in [0, 0.1) is 0 Å². The lowest BCUT2D eigenvalue weighted by molar-refractivity contribution is -0.0455. The van der Waals surface area contributed by atoms with E-state index in [4.69, 9.17) is 9.47 Å². The Morgan fingerprint density at radius 3 is 2.57 bits per heavy atom. The van der Waals surface area contributed by atoms with Gasteiger partial charge >= 0.3 is 0 Å². The number of ether oxygens (including phenoxy) is 2. The minimum absolute atomic E-state index is 0.0498. The summed E-state index contributed by atoms with van der Waals surface area (Å²) in [5, 5.41) is 0. The van der Waals surface area contributed by atoms with E-state index in [9.17, 15) is 0 Å². The van der Waals surface area contributed by atoms with Crippen LogP contribution in [-0.2, 0) is 9.47 Å². The Balaban J connectivity index is 2.05. The van der Waals surface area contributed by atoms with Gasteiger partial charge in [0.25, 0.3) is 0 Å². The van der Waals surface area contributed by atoms with Gasteiger partial charge in [-0.1, -0.05) is 37.3 Å². The molecule has 1 aromatic rings. The average Bonchev–Trinajstić information content (AvgIpc) is 2.65. The zero-order valence-electron chi connectivity index (χ0n) is 8.64. The summed E-state index contributed by atoms with van der Waals surface area (Å²) in [5.41, 5.74) is 1.32. The monoisotopic (exact) mass is 192 g/mol. The molecule has 0 unspecified atom stereocenters. The Labute approximate surface area is 84.8 Å². The van der Waals surface area contributed by atoms with Gasteiger partial charge in [0.05, 0.1) is 12.7 Å². The summed E-state index contributed by atoms with van der Waals surface area (Å²) in [7, 11) is 0. The van der Waals surface area contributed by atoms with Crippen LogP contribution in [0.1, 0.15) is 25.3 Å². The Kier molecular flexibility index (Phi) is 2.85. The molecule has 0 N–H and O–H groups in total. The molecule has 1 saturated heterocycles. The topological polar surface area (TPSA) is 18.5 Å². The molecule has 0 aromatic heterocycles. The predicted octanol–water partition coefficient (Wildman–Crippen LogP) is 2.55. The van der Waals surface area contributed by atoms with Crippen LogP contribution in [0.15, 0.2) is 30.3 Å². The van der Waals surface area contributed by atoms with Crippen LogP contribution in [0.4, 0.5) is 0 Å². The summed E-state index contributed by atoms with van der Waals surface area (Å²) < 4.78 is 11.0. The zero-order valence-corrected chi connectivity index (χ0v) is 8.64. The van der Waals surface area contributed by atoms with Crippen LogP contribution in [0.3, 0.4) is 0 Å². The molecule has 1 aliphatic heterocycles. The second kappa shape index (κ2) is 4.11.